The van der Waals surface area contributed by atoms with Gasteiger partial charge in [0.05, 0.1) is 17.5 Å². The van der Waals surface area contributed by atoms with Crippen molar-refractivity contribution < 1.29 is 4.79 Å². The summed E-state index contributed by atoms with van der Waals surface area (Å²) in [6.07, 6.45) is 4.00. The first-order valence-electron chi connectivity index (χ1n) is 8.82. The van der Waals surface area contributed by atoms with E-state index >= 15 is 0 Å². The van der Waals surface area contributed by atoms with E-state index in [0.717, 1.165) is 30.0 Å². The molecule has 0 aliphatic rings. The van der Waals surface area contributed by atoms with E-state index in [1.807, 2.05) is 49.4 Å². The van der Waals surface area contributed by atoms with Crippen molar-refractivity contribution in [2.45, 2.75) is 26.8 Å². The van der Waals surface area contributed by atoms with Crippen LogP contribution in [-0.4, -0.2) is 27.2 Å². The fraction of sp³-hybridized carbons (Fsp3) is 0.250. The number of pyridine rings is 1. The van der Waals surface area contributed by atoms with Gasteiger partial charge in [-0.15, -0.1) is 24.8 Å². The molecule has 0 fully saturated rings. The number of benzene rings is 1. The first-order valence-corrected chi connectivity index (χ1v) is 8.82. The van der Waals surface area contributed by atoms with Crippen LogP contribution in [0.5, 0.6) is 0 Å². The second-order valence-corrected chi connectivity index (χ2v) is 5.89. The van der Waals surface area contributed by atoms with Gasteiger partial charge in [0.25, 0.3) is 5.91 Å². The van der Waals surface area contributed by atoms with Crippen LogP contribution in [-0.2, 0) is 13.0 Å². The van der Waals surface area contributed by atoms with Gasteiger partial charge in [-0.05, 0) is 42.8 Å². The molecule has 3 rings (SSSR count). The molecule has 28 heavy (non-hydrogen) atoms. The standard InChI is InChI=1S/C20H23N5O.2ClH/c1-3-18-17(14-23-25(18)19-10-5-6-11-22-19)20(26)24-16-9-7-8-15(12-16)13-21-4-2;;/h5-12,14,21H,3-4,13H2,1-2H3,(H,24,26);2*1H. The molecule has 0 aliphatic carbocycles. The summed E-state index contributed by atoms with van der Waals surface area (Å²) in [5.41, 5.74) is 3.31. The van der Waals surface area contributed by atoms with Crippen molar-refractivity contribution in [2.75, 3.05) is 11.9 Å². The molecule has 1 aromatic carbocycles. The average molecular weight is 422 g/mol. The van der Waals surface area contributed by atoms with Crippen LogP contribution in [0.25, 0.3) is 5.82 Å². The fourth-order valence-electron chi connectivity index (χ4n) is 2.81. The zero-order valence-corrected chi connectivity index (χ0v) is 17.5. The Balaban J connectivity index is 0.00000196. The second kappa shape index (κ2) is 11.4. The van der Waals surface area contributed by atoms with Crippen LogP contribution in [0.1, 0.15) is 35.5 Å². The Labute approximate surface area is 177 Å². The zero-order chi connectivity index (χ0) is 18.4. The molecule has 1 amide bonds. The van der Waals surface area contributed by atoms with Gasteiger partial charge < -0.3 is 10.6 Å². The Kier molecular flexibility index (Phi) is 9.65. The number of amides is 1. The molecule has 8 heteroatoms. The monoisotopic (exact) mass is 421 g/mol. The highest BCUT2D eigenvalue weighted by Crippen LogP contribution is 2.17. The second-order valence-electron chi connectivity index (χ2n) is 5.89. The Morgan fingerprint density at radius 1 is 1.11 bits per heavy atom. The van der Waals surface area contributed by atoms with Crippen LogP contribution in [0.4, 0.5) is 5.69 Å². The summed E-state index contributed by atoms with van der Waals surface area (Å²) < 4.78 is 1.72. The predicted octanol–water partition coefficient (Wildman–Crippen LogP) is 4.04. The lowest BCUT2D eigenvalue weighted by atomic mass is 10.1. The molecule has 0 aliphatic heterocycles. The number of hydrogen-bond acceptors (Lipinski definition) is 4. The first-order chi connectivity index (χ1) is 12.7. The van der Waals surface area contributed by atoms with E-state index < -0.39 is 0 Å². The molecule has 6 nitrogen and oxygen atoms in total. The first kappa shape index (κ1) is 23.6. The molecule has 0 spiro atoms. The molecule has 2 N–H and O–H groups in total. The van der Waals surface area contributed by atoms with Crippen molar-refractivity contribution in [1.82, 2.24) is 20.1 Å². The highest BCUT2D eigenvalue weighted by Gasteiger charge is 2.17. The number of anilines is 1. The molecular weight excluding hydrogens is 397 g/mol. The number of nitrogens with one attached hydrogen (secondary N) is 2. The maximum atomic E-state index is 12.8. The summed E-state index contributed by atoms with van der Waals surface area (Å²) in [5.74, 6) is 0.542. The van der Waals surface area contributed by atoms with Crippen molar-refractivity contribution >= 4 is 36.4 Å². The SMILES string of the molecule is CCNCc1cccc(NC(=O)c2cnn(-c3ccccn3)c2CC)c1.Cl.Cl. The van der Waals surface area contributed by atoms with Crippen LogP contribution >= 0.6 is 24.8 Å². The highest BCUT2D eigenvalue weighted by molar-refractivity contribution is 6.05. The number of rotatable bonds is 7. The van der Waals surface area contributed by atoms with E-state index in [-0.39, 0.29) is 30.7 Å². The Bertz CT molecular complexity index is 883. The van der Waals surface area contributed by atoms with E-state index in [1.54, 1.807) is 17.1 Å². The van der Waals surface area contributed by atoms with Gasteiger partial charge in [-0.1, -0.05) is 32.0 Å². The lowest BCUT2D eigenvalue weighted by Gasteiger charge is -2.09. The minimum Gasteiger partial charge on any atom is -0.322 e. The molecule has 0 unspecified atom stereocenters. The largest absolute Gasteiger partial charge is 0.322 e. The molecule has 0 saturated carbocycles. The predicted molar refractivity (Wildman–Crippen MR) is 117 cm³/mol. The van der Waals surface area contributed by atoms with E-state index in [9.17, 15) is 4.79 Å². The van der Waals surface area contributed by atoms with E-state index in [2.05, 4.69) is 27.6 Å². The van der Waals surface area contributed by atoms with Crippen molar-refractivity contribution in [2.24, 2.45) is 0 Å². The van der Waals surface area contributed by atoms with Gasteiger partial charge in [0.15, 0.2) is 5.82 Å². The molecule has 150 valence electrons. The lowest BCUT2D eigenvalue weighted by molar-refractivity contribution is 0.102. The summed E-state index contributed by atoms with van der Waals surface area (Å²) in [7, 11) is 0. The van der Waals surface area contributed by atoms with Crippen molar-refractivity contribution in [3.8, 4) is 5.82 Å². The van der Waals surface area contributed by atoms with Gasteiger partial charge >= 0.3 is 0 Å². The van der Waals surface area contributed by atoms with E-state index in [1.165, 1.54) is 0 Å². The molecular formula is C20H25Cl2N5O. The fourth-order valence-corrected chi connectivity index (χ4v) is 2.81. The molecule has 0 saturated heterocycles. The maximum Gasteiger partial charge on any atom is 0.259 e. The van der Waals surface area contributed by atoms with Crippen molar-refractivity contribution in [3.63, 3.8) is 0 Å². The molecule has 2 heterocycles. The number of halogens is 2. The number of carbonyl (C=O) groups excluding carboxylic acids is 1. The minimum atomic E-state index is -0.162. The van der Waals surface area contributed by atoms with Crippen molar-refractivity contribution in [1.29, 1.82) is 0 Å². The third-order valence-corrected chi connectivity index (χ3v) is 4.08. The number of nitrogens with zero attached hydrogens (tertiary/aromatic N) is 3. The molecule has 2 aromatic heterocycles. The Morgan fingerprint density at radius 2 is 1.93 bits per heavy atom. The van der Waals surface area contributed by atoms with E-state index in [4.69, 9.17) is 0 Å². The number of hydrogen-bond donors (Lipinski definition) is 2. The maximum absolute atomic E-state index is 12.8. The minimum absolute atomic E-state index is 0. The summed E-state index contributed by atoms with van der Waals surface area (Å²) >= 11 is 0. The average Bonchev–Trinajstić information content (AvgIpc) is 3.11. The normalized spacial score (nSPS) is 9.93. The van der Waals surface area contributed by atoms with Crippen LogP contribution in [0, 0.1) is 0 Å². The number of aromatic nitrogens is 3. The van der Waals surface area contributed by atoms with Gasteiger partial charge in [0.2, 0.25) is 0 Å². The summed E-state index contributed by atoms with van der Waals surface area (Å²) in [6, 6.07) is 13.5. The van der Waals surface area contributed by atoms with Crippen LogP contribution in [0.2, 0.25) is 0 Å². The topological polar surface area (TPSA) is 71.8 Å². The smallest absolute Gasteiger partial charge is 0.259 e. The molecule has 3 aromatic rings. The Hall–Kier alpha value is -2.41. The van der Waals surface area contributed by atoms with Gasteiger partial charge in [0.1, 0.15) is 0 Å². The van der Waals surface area contributed by atoms with Gasteiger partial charge in [-0.2, -0.15) is 5.10 Å². The van der Waals surface area contributed by atoms with Crippen LogP contribution in [0.15, 0.2) is 54.9 Å². The number of carbonyl (C=O) groups is 1. The summed E-state index contributed by atoms with van der Waals surface area (Å²) in [6.45, 7) is 5.75. The third kappa shape index (κ3) is 5.55. The van der Waals surface area contributed by atoms with Crippen LogP contribution < -0.4 is 10.6 Å². The quantitative estimate of drug-likeness (QED) is 0.603. The molecule has 0 bridgehead atoms. The summed E-state index contributed by atoms with van der Waals surface area (Å²) in [5, 5.41) is 10.6. The van der Waals surface area contributed by atoms with Crippen molar-refractivity contribution in [3.05, 3.63) is 71.7 Å². The summed E-state index contributed by atoms with van der Waals surface area (Å²) in [4.78, 5) is 17.1. The van der Waals surface area contributed by atoms with Gasteiger partial charge in [0, 0.05) is 18.4 Å². The molecule has 0 radical (unpaired) electrons. The highest BCUT2D eigenvalue weighted by atomic mass is 35.5. The Morgan fingerprint density at radius 3 is 2.61 bits per heavy atom. The van der Waals surface area contributed by atoms with E-state index in [0.29, 0.717) is 17.8 Å². The van der Waals surface area contributed by atoms with Crippen LogP contribution in [0.3, 0.4) is 0 Å². The molecule has 0 atom stereocenters. The van der Waals surface area contributed by atoms with Gasteiger partial charge in [-0.3, -0.25) is 4.79 Å². The van der Waals surface area contributed by atoms with Gasteiger partial charge in [-0.25, -0.2) is 9.67 Å². The third-order valence-electron chi connectivity index (χ3n) is 4.08. The zero-order valence-electron chi connectivity index (χ0n) is 15.9. The lowest BCUT2D eigenvalue weighted by Crippen LogP contribution is -2.15.